The zero-order chi connectivity index (χ0) is 22.4. The molecule has 4 amide bonds. The largest absolute Gasteiger partial charge is 0.280 e. The minimum Gasteiger partial charge on any atom is -0.280 e. The summed E-state index contributed by atoms with van der Waals surface area (Å²) in [6.07, 6.45) is 15.0. The van der Waals surface area contributed by atoms with E-state index in [0.29, 0.717) is 12.8 Å². The minimum absolute atomic E-state index is 0.0883. The molecule has 0 aromatic rings. The number of hydrogen-bond donors (Lipinski definition) is 0. The van der Waals surface area contributed by atoms with Crippen LogP contribution in [0.3, 0.4) is 0 Å². The fraction of sp³-hybridized carbons (Fsp3) is 0.538. The zero-order valence-corrected chi connectivity index (χ0v) is 18.1. The van der Waals surface area contributed by atoms with Gasteiger partial charge in [0, 0.05) is 23.9 Å². The zero-order valence-electron chi connectivity index (χ0n) is 18.1. The maximum atomic E-state index is 13.3. The van der Waals surface area contributed by atoms with Gasteiger partial charge in [0.25, 0.3) is 0 Å². The number of imide groups is 2. The number of carbonyl (C=O) groups excluding carboxylic acids is 4. The molecule has 166 valence electrons. The van der Waals surface area contributed by atoms with Crippen LogP contribution >= 0.6 is 0 Å². The van der Waals surface area contributed by atoms with E-state index in [-0.39, 0.29) is 83.1 Å². The van der Waals surface area contributed by atoms with Crippen molar-refractivity contribution in [3.8, 4) is 0 Å². The molecule has 0 spiro atoms. The normalized spacial score (nSPS) is 44.9. The highest BCUT2D eigenvalue weighted by Crippen LogP contribution is 2.63. The summed E-state index contributed by atoms with van der Waals surface area (Å²) < 4.78 is 0. The maximum Gasteiger partial charge on any atom is 0.234 e. The standard InChI is InChI=1S/C26H28N2O4/c1-3-7-25-9-5-15(13-25)17-19(25)23(31)27(21(17)29)11-12-28-22(30)18-16-6-10-26(14-16,8-4-2)20(18)24(28)32/h3-6,9-10,15-20H,1-2,7-8,11-14H2. The lowest BCUT2D eigenvalue weighted by Crippen LogP contribution is -2.43. The predicted molar refractivity (Wildman–Crippen MR) is 116 cm³/mol. The van der Waals surface area contributed by atoms with Crippen LogP contribution in [0.1, 0.15) is 25.7 Å². The van der Waals surface area contributed by atoms with Crippen molar-refractivity contribution >= 4 is 23.6 Å². The summed E-state index contributed by atoms with van der Waals surface area (Å²) in [7, 11) is 0. The highest BCUT2D eigenvalue weighted by molar-refractivity contribution is 6.08. The molecule has 6 nitrogen and oxygen atoms in total. The van der Waals surface area contributed by atoms with Gasteiger partial charge in [0.05, 0.1) is 23.7 Å². The van der Waals surface area contributed by atoms with Crippen LogP contribution in [0, 0.1) is 46.3 Å². The van der Waals surface area contributed by atoms with E-state index in [4.69, 9.17) is 0 Å². The first-order valence-corrected chi connectivity index (χ1v) is 11.7. The van der Waals surface area contributed by atoms with E-state index in [1.807, 2.05) is 12.2 Å². The monoisotopic (exact) mass is 432 g/mol. The molecule has 2 saturated carbocycles. The second-order valence-electron chi connectivity index (χ2n) is 10.6. The van der Waals surface area contributed by atoms with Gasteiger partial charge >= 0.3 is 0 Å². The number of fused-ring (bicyclic) bond motifs is 10. The molecule has 6 aliphatic rings. The van der Waals surface area contributed by atoms with Gasteiger partial charge in [-0.15, -0.1) is 13.2 Å². The van der Waals surface area contributed by atoms with Crippen LogP contribution in [-0.2, 0) is 19.2 Å². The first kappa shape index (κ1) is 19.9. The molecule has 6 heteroatoms. The lowest BCUT2D eigenvalue weighted by Gasteiger charge is -2.30. The third-order valence-electron chi connectivity index (χ3n) is 9.22. The van der Waals surface area contributed by atoms with Crippen molar-refractivity contribution in [2.75, 3.05) is 13.1 Å². The van der Waals surface area contributed by atoms with Gasteiger partial charge in [0.2, 0.25) is 23.6 Å². The molecule has 0 radical (unpaired) electrons. The van der Waals surface area contributed by atoms with E-state index in [9.17, 15) is 19.2 Å². The van der Waals surface area contributed by atoms with Gasteiger partial charge in [0.1, 0.15) is 0 Å². The topological polar surface area (TPSA) is 74.8 Å². The summed E-state index contributed by atoms with van der Waals surface area (Å²) in [6.45, 7) is 7.87. The van der Waals surface area contributed by atoms with E-state index in [1.165, 1.54) is 9.80 Å². The Balaban J connectivity index is 1.20. The van der Waals surface area contributed by atoms with E-state index < -0.39 is 0 Å². The number of allylic oxidation sites excluding steroid dienone is 6. The Kier molecular flexibility index (Phi) is 3.98. The Hall–Kier alpha value is -2.76. The minimum atomic E-state index is -0.344. The van der Waals surface area contributed by atoms with Gasteiger partial charge in [-0.1, -0.05) is 36.5 Å². The van der Waals surface area contributed by atoms with Crippen LogP contribution in [0.2, 0.25) is 0 Å². The lowest BCUT2D eigenvalue weighted by atomic mass is 9.72. The molecule has 2 saturated heterocycles. The van der Waals surface area contributed by atoms with Gasteiger partial charge in [-0.3, -0.25) is 29.0 Å². The molecule has 0 aromatic heterocycles. The summed E-state index contributed by atoms with van der Waals surface area (Å²) in [6, 6.07) is 0. The lowest BCUT2D eigenvalue weighted by molar-refractivity contribution is -0.146. The molecule has 4 bridgehead atoms. The smallest absolute Gasteiger partial charge is 0.234 e. The van der Waals surface area contributed by atoms with E-state index in [0.717, 1.165) is 12.8 Å². The summed E-state index contributed by atoms with van der Waals surface area (Å²) in [4.78, 5) is 55.6. The highest BCUT2D eigenvalue weighted by Gasteiger charge is 2.67. The summed E-state index contributed by atoms with van der Waals surface area (Å²) >= 11 is 0. The molecule has 8 unspecified atom stereocenters. The molecule has 2 heterocycles. The fourth-order valence-electron chi connectivity index (χ4n) is 8.04. The summed E-state index contributed by atoms with van der Waals surface area (Å²) in [5, 5.41) is 0. The van der Waals surface area contributed by atoms with Crippen LogP contribution in [0.4, 0.5) is 0 Å². The van der Waals surface area contributed by atoms with Gasteiger partial charge in [0.15, 0.2) is 0 Å². The Labute approximate surface area is 187 Å². The Morgan fingerprint density at radius 1 is 0.750 bits per heavy atom. The molecule has 0 aromatic carbocycles. The first-order valence-electron chi connectivity index (χ1n) is 11.7. The van der Waals surface area contributed by atoms with Crippen molar-refractivity contribution in [3.63, 3.8) is 0 Å². The van der Waals surface area contributed by atoms with Crippen molar-refractivity contribution in [2.45, 2.75) is 25.7 Å². The summed E-state index contributed by atoms with van der Waals surface area (Å²) in [5.41, 5.74) is -0.617. The van der Waals surface area contributed by atoms with Gasteiger partial charge in [-0.25, -0.2) is 0 Å². The number of carbonyl (C=O) groups is 4. The molecule has 2 aliphatic heterocycles. The van der Waals surface area contributed by atoms with Crippen molar-refractivity contribution in [2.24, 2.45) is 46.3 Å². The molecular weight excluding hydrogens is 404 g/mol. The predicted octanol–water partition coefficient (Wildman–Crippen LogP) is 2.49. The molecular formula is C26H28N2O4. The number of hydrogen-bond acceptors (Lipinski definition) is 4. The highest BCUT2D eigenvalue weighted by atomic mass is 16.2. The molecule has 6 rings (SSSR count). The molecule has 8 atom stereocenters. The van der Waals surface area contributed by atoms with Crippen molar-refractivity contribution in [1.82, 2.24) is 9.80 Å². The van der Waals surface area contributed by atoms with Crippen molar-refractivity contribution < 1.29 is 19.2 Å². The number of rotatable bonds is 7. The fourth-order valence-corrected chi connectivity index (χ4v) is 8.04. The SMILES string of the molecule is C=CCC12C=CC(C1)C1C(=O)N(CCN3C(=O)C4C5C=CC(CC=C)(C5)C4C3=O)C(=O)C12. The van der Waals surface area contributed by atoms with E-state index >= 15 is 0 Å². The van der Waals surface area contributed by atoms with Gasteiger partial charge < -0.3 is 0 Å². The molecule has 32 heavy (non-hydrogen) atoms. The Morgan fingerprint density at radius 3 is 1.53 bits per heavy atom. The molecule has 4 fully saturated rings. The average Bonchev–Trinajstić information content (AvgIpc) is 3.57. The van der Waals surface area contributed by atoms with E-state index in [2.05, 4.69) is 37.5 Å². The maximum absolute atomic E-state index is 13.3. The summed E-state index contributed by atoms with van der Waals surface area (Å²) in [5.74, 6) is -1.73. The number of likely N-dealkylation sites (tertiary alicyclic amines) is 2. The number of nitrogens with zero attached hydrogens (tertiary/aromatic N) is 2. The Morgan fingerprint density at radius 2 is 1.16 bits per heavy atom. The van der Waals surface area contributed by atoms with Gasteiger partial charge in [-0.2, -0.15) is 0 Å². The van der Waals surface area contributed by atoms with Crippen molar-refractivity contribution in [3.05, 3.63) is 49.6 Å². The second-order valence-corrected chi connectivity index (χ2v) is 10.6. The Bertz CT molecular complexity index is 960. The van der Waals surface area contributed by atoms with Crippen LogP contribution in [0.15, 0.2) is 49.6 Å². The van der Waals surface area contributed by atoms with Crippen LogP contribution in [-0.4, -0.2) is 46.5 Å². The van der Waals surface area contributed by atoms with E-state index in [1.54, 1.807) is 0 Å². The van der Waals surface area contributed by atoms with Crippen LogP contribution < -0.4 is 0 Å². The third kappa shape index (κ3) is 2.20. The van der Waals surface area contributed by atoms with Gasteiger partial charge in [-0.05, 0) is 37.5 Å². The second kappa shape index (κ2) is 6.40. The first-order chi connectivity index (χ1) is 15.4. The quantitative estimate of drug-likeness (QED) is 0.458. The van der Waals surface area contributed by atoms with Crippen molar-refractivity contribution in [1.29, 1.82) is 0 Å². The molecule has 0 N–H and O–H groups in total. The molecule has 4 aliphatic carbocycles. The average molecular weight is 433 g/mol. The van der Waals surface area contributed by atoms with Crippen LogP contribution in [0.5, 0.6) is 0 Å². The number of amides is 4. The van der Waals surface area contributed by atoms with Crippen LogP contribution in [0.25, 0.3) is 0 Å². The third-order valence-corrected chi connectivity index (χ3v) is 9.22.